The lowest BCUT2D eigenvalue weighted by Gasteiger charge is -2.13. The number of halogens is 3. The minimum Gasteiger partial charge on any atom is -0.478 e. The molecular formula is C11H10F3NO4S. The Bertz CT molecular complexity index is 638. The SMILES string of the molecule is C=CCS(=O)(=O)Nc1cc(C(F)(F)F)ccc1C(=O)O. The molecule has 0 spiro atoms. The summed E-state index contributed by atoms with van der Waals surface area (Å²) in [7, 11) is -4.00. The van der Waals surface area contributed by atoms with Crippen molar-refractivity contribution < 1.29 is 31.5 Å². The minimum absolute atomic E-state index is 0.435. The van der Waals surface area contributed by atoms with Gasteiger partial charge in [-0.05, 0) is 18.2 Å². The third-order valence-electron chi connectivity index (χ3n) is 2.18. The molecule has 0 aliphatic carbocycles. The molecule has 0 atom stereocenters. The first-order valence-electron chi connectivity index (χ1n) is 5.13. The number of carbonyl (C=O) groups is 1. The number of alkyl halides is 3. The number of benzene rings is 1. The first-order valence-corrected chi connectivity index (χ1v) is 6.78. The number of carboxylic acid groups (broad SMARTS) is 1. The standard InChI is InChI=1S/C11H10F3NO4S/c1-2-5-20(18,19)15-9-6-7(11(12,13)14)3-4-8(9)10(16)17/h2-4,6,15H,1,5H2,(H,16,17). The lowest BCUT2D eigenvalue weighted by Crippen LogP contribution is -2.18. The van der Waals surface area contributed by atoms with E-state index in [9.17, 15) is 26.4 Å². The van der Waals surface area contributed by atoms with Crippen LogP contribution in [-0.2, 0) is 16.2 Å². The van der Waals surface area contributed by atoms with Crippen molar-refractivity contribution >= 4 is 21.7 Å². The van der Waals surface area contributed by atoms with Gasteiger partial charge in [0.1, 0.15) is 0 Å². The predicted octanol–water partition coefficient (Wildman–Crippen LogP) is 2.33. The third-order valence-corrected chi connectivity index (χ3v) is 3.39. The summed E-state index contributed by atoms with van der Waals surface area (Å²) in [5, 5.41) is 8.85. The van der Waals surface area contributed by atoms with Gasteiger partial charge in [0.15, 0.2) is 0 Å². The van der Waals surface area contributed by atoms with Crippen LogP contribution in [0.25, 0.3) is 0 Å². The number of aromatic carboxylic acids is 1. The van der Waals surface area contributed by atoms with Gasteiger partial charge < -0.3 is 5.11 Å². The van der Waals surface area contributed by atoms with Crippen molar-refractivity contribution in [3.63, 3.8) is 0 Å². The zero-order valence-electron chi connectivity index (χ0n) is 9.94. The maximum absolute atomic E-state index is 12.5. The van der Waals surface area contributed by atoms with Crippen molar-refractivity contribution in [2.45, 2.75) is 6.18 Å². The van der Waals surface area contributed by atoms with E-state index in [0.717, 1.165) is 6.08 Å². The highest BCUT2D eigenvalue weighted by Crippen LogP contribution is 2.32. The summed E-state index contributed by atoms with van der Waals surface area (Å²) >= 11 is 0. The molecule has 0 bridgehead atoms. The highest BCUT2D eigenvalue weighted by atomic mass is 32.2. The highest BCUT2D eigenvalue weighted by Gasteiger charge is 2.32. The second-order valence-electron chi connectivity index (χ2n) is 3.74. The van der Waals surface area contributed by atoms with E-state index in [1.165, 1.54) is 0 Å². The molecule has 20 heavy (non-hydrogen) atoms. The zero-order valence-corrected chi connectivity index (χ0v) is 10.8. The Hall–Kier alpha value is -2.03. The minimum atomic E-state index is -4.71. The first-order chi connectivity index (χ1) is 9.07. The van der Waals surface area contributed by atoms with Crippen LogP contribution in [0.15, 0.2) is 30.9 Å². The number of hydrogen-bond acceptors (Lipinski definition) is 3. The van der Waals surface area contributed by atoms with E-state index in [4.69, 9.17) is 5.11 Å². The van der Waals surface area contributed by atoms with Gasteiger partial charge in [-0.1, -0.05) is 6.08 Å². The Labute approximate surface area is 112 Å². The fourth-order valence-corrected chi connectivity index (χ4v) is 2.25. The van der Waals surface area contributed by atoms with Crippen LogP contribution in [0, 0.1) is 0 Å². The largest absolute Gasteiger partial charge is 0.478 e. The van der Waals surface area contributed by atoms with Crippen LogP contribution in [0.1, 0.15) is 15.9 Å². The molecule has 0 saturated carbocycles. The molecule has 5 nitrogen and oxygen atoms in total. The van der Waals surface area contributed by atoms with Crippen LogP contribution in [0.4, 0.5) is 18.9 Å². The Morgan fingerprint density at radius 3 is 2.45 bits per heavy atom. The molecule has 1 aromatic carbocycles. The van der Waals surface area contributed by atoms with Crippen molar-refractivity contribution in [3.05, 3.63) is 42.0 Å². The van der Waals surface area contributed by atoms with E-state index >= 15 is 0 Å². The topological polar surface area (TPSA) is 83.5 Å². The van der Waals surface area contributed by atoms with E-state index in [0.29, 0.717) is 18.2 Å². The quantitative estimate of drug-likeness (QED) is 0.818. The van der Waals surface area contributed by atoms with Crippen molar-refractivity contribution in [1.82, 2.24) is 0 Å². The van der Waals surface area contributed by atoms with E-state index < -0.39 is 44.7 Å². The summed E-state index contributed by atoms with van der Waals surface area (Å²) in [5.74, 6) is -2.10. The van der Waals surface area contributed by atoms with Gasteiger partial charge in [0.2, 0.25) is 10.0 Å². The van der Waals surface area contributed by atoms with Crippen molar-refractivity contribution in [1.29, 1.82) is 0 Å². The third kappa shape index (κ3) is 3.98. The normalized spacial score (nSPS) is 11.9. The Kier molecular flexibility index (Phi) is 4.43. The second kappa shape index (κ2) is 5.53. The smallest absolute Gasteiger partial charge is 0.416 e. The van der Waals surface area contributed by atoms with Crippen molar-refractivity contribution in [2.24, 2.45) is 0 Å². The number of nitrogens with one attached hydrogen (secondary N) is 1. The highest BCUT2D eigenvalue weighted by molar-refractivity contribution is 7.92. The second-order valence-corrected chi connectivity index (χ2v) is 5.50. The fraction of sp³-hybridized carbons (Fsp3) is 0.182. The summed E-state index contributed by atoms with van der Waals surface area (Å²) in [4.78, 5) is 10.9. The van der Waals surface area contributed by atoms with Crippen LogP contribution in [0.2, 0.25) is 0 Å². The molecule has 0 unspecified atom stereocenters. The van der Waals surface area contributed by atoms with E-state index in [1.54, 1.807) is 4.72 Å². The molecule has 0 radical (unpaired) electrons. The molecule has 1 aromatic rings. The van der Waals surface area contributed by atoms with Gasteiger partial charge in [-0.2, -0.15) is 13.2 Å². The number of anilines is 1. The van der Waals surface area contributed by atoms with Gasteiger partial charge in [-0.3, -0.25) is 4.72 Å². The number of hydrogen-bond donors (Lipinski definition) is 2. The maximum atomic E-state index is 12.5. The van der Waals surface area contributed by atoms with Gasteiger partial charge in [-0.25, -0.2) is 13.2 Å². The van der Waals surface area contributed by atoms with Crippen LogP contribution >= 0.6 is 0 Å². The number of carboxylic acids is 1. The molecule has 0 saturated heterocycles. The summed E-state index contributed by atoms with van der Waals surface area (Å²) in [6.45, 7) is 3.19. The Morgan fingerprint density at radius 1 is 1.40 bits per heavy atom. The Balaban J connectivity index is 3.33. The number of rotatable bonds is 5. The Morgan fingerprint density at radius 2 is 2.00 bits per heavy atom. The van der Waals surface area contributed by atoms with Crippen LogP contribution in [-0.4, -0.2) is 25.2 Å². The van der Waals surface area contributed by atoms with Gasteiger partial charge in [-0.15, -0.1) is 6.58 Å². The van der Waals surface area contributed by atoms with Crippen molar-refractivity contribution in [2.75, 3.05) is 10.5 Å². The van der Waals surface area contributed by atoms with Crippen LogP contribution < -0.4 is 4.72 Å². The maximum Gasteiger partial charge on any atom is 0.416 e. The molecule has 0 aliphatic rings. The molecule has 110 valence electrons. The molecular weight excluding hydrogens is 299 g/mol. The molecule has 0 aromatic heterocycles. The molecule has 9 heteroatoms. The van der Waals surface area contributed by atoms with E-state index in [1.807, 2.05) is 0 Å². The molecule has 0 aliphatic heterocycles. The van der Waals surface area contributed by atoms with Gasteiger partial charge in [0, 0.05) is 0 Å². The zero-order chi connectivity index (χ0) is 15.6. The molecule has 0 heterocycles. The van der Waals surface area contributed by atoms with Crippen LogP contribution in [0.3, 0.4) is 0 Å². The lowest BCUT2D eigenvalue weighted by molar-refractivity contribution is -0.137. The van der Waals surface area contributed by atoms with Gasteiger partial charge >= 0.3 is 12.1 Å². The fourth-order valence-electron chi connectivity index (χ4n) is 1.36. The first kappa shape index (κ1) is 16.0. The summed E-state index contributed by atoms with van der Waals surface area (Å²) in [5.41, 5.74) is -2.38. The molecule has 0 amide bonds. The molecule has 2 N–H and O–H groups in total. The van der Waals surface area contributed by atoms with E-state index in [-0.39, 0.29) is 0 Å². The lowest BCUT2D eigenvalue weighted by atomic mass is 10.1. The molecule has 0 fully saturated rings. The summed E-state index contributed by atoms with van der Waals surface area (Å²) in [6, 6.07) is 1.69. The molecule has 1 rings (SSSR count). The number of sulfonamides is 1. The monoisotopic (exact) mass is 309 g/mol. The van der Waals surface area contributed by atoms with Gasteiger partial charge in [0.25, 0.3) is 0 Å². The summed E-state index contributed by atoms with van der Waals surface area (Å²) in [6.07, 6.45) is -3.69. The van der Waals surface area contributed by atoms with E-state index in [2.05, 4.69) is 6.58 Å². The average Bonchev–Trinajstić information content (AvgIpc) is 2.26. The van der Waals surface area contributed by atoms with Crippen molar-refractivity contribution in [3.8, 4) is 0 Å². The average molecular weight is 309 g/mol. The van der Waals surface area contributed by atoms with Crippen LogP contribution in [0.5, 0.6) is 0 Å². The predicted molar refractivity (Wildman–Crippen MR) is 66.0 cm³/mol. The summed E-state index contributed by atoms with van der Waals surface area (Å²) < 4.78 is 62.4. The van der Waals surface area contributed by atoms with Gasteiger partial charge in [0.05, 0.1) is 22.6 Å².